The van der Waals surface area contributed by atoms with E-state index in [2.05, 4.69) is 5.32 Å². The smallest absolute Gasteiger partial charge is 0.326 e. The lowest BCUT2D eigenvalue weighted by Gasteiger charge is -2.27. The third kappa shape index (κ3) is 5.32. The van der Waals surface area contributed by atoms with Crippen LogP contribution in [0.5, 0.6) is 0 Å². The van der Waals surface area contributed by atoms with Crippen molar-refractivity contribution < 1.29 is 14.7 Å². The van der Waals surface area contributed by atoms with Gasteiger partial charge in [0.05, 0.1) is 0 Å². The van der Waals surface area contributed by atoms with E-state index in [1.807, 2.05) is 4.57 Å². The molecule has 1 amide bonds. The van der Waals surface area contributed by atoms with Gasteiger partial charge in [-0.25, -0.2) is 4.79 Å². The third-order valence-corrected chi connectivity index (χ3v) is 6.73. The van der Waals surface area contributed by atoms with Crippen LogP contribution in [-0.4, -0.2) is 27.6 Å². The fraction of sp³-hybridized carbons (Fsp3) is 0.708. The second-order valence-corrected chi connectivity index (χ2v) is 9.40. The zero-order chi connectivity index (χ0) is 21.7. The van der Waals surface area contributed by atoms with Gasteiger partial charge in [0, 0.05) is 12.2 Å². The molecule has 0 spiro atoms. The van der Waals surface area contributed by atoms with Crippen molar-refractivity contribution in [3.8, 4) is 0 Å². The van der Waals surface area contributed by atoms with Crippen molar-refractivity contribution in [2.75, 3.05) is 0 Å². The number of aryl methyl sites for hydroxylation is 1. The van der Waals surface area contributed by atoms with Crippen LogP contribution in [0.2, 0.25) is 0 Å². The first-order valence-corrected chi connectivity index (χ1v) is 11.7. The molecule has 0 saturated heterocycles. The lowest BCUT2D eigenvalue weighted by Crippen LogP contribution is -2.46. The summed E-state index contributed by atoms with van der Waals surface area (Å²) in [5.41, 5.74) is 2.02. The number of nitrogens with zero attached hydrogens (tertiary/aromatic N) is 1. The van der Waals surface area contributed by atoms with Crippen molar-refractivity contribution in [2.45, 2.75) is 97.1 Å². The molecule has 30 heavy (non-hydrogen) atoms. The molecule has 0 aliphatic heterocycles. The van der Waals surface area contributed by atoms with Crippen molar-refractivity contribution in [3.63, 3.8) is 0 Å². The van der Waals surface area contributed by atoms with Crippen molar-refractivity contribution in [3.05, 3.63) is 33.2 Å². The van der Waals surface area contributed by atoms with Gasteiger partial charge in [-0.15, -0.1) is 0 Å². The molecule has 0 radical (unpaired) electrons. The van der Waals surface area contributed by atoms with E-state index >= 15 is 0 Å². The van der Waals surface area contributed by atoms with Crippen molar-refractivity contribution in [1.82, 2.24) is 9.88 Å². The molecule has 6 heteroatoms. The Morgan fingerprint density at radius 2 is 1.70 bits per heavy atom. The molecular weight excluding hydrogens is 380 g/mol. The molecule has 1 fully saturated rings. The van der Waals surface area contributed by atoms with Gasteiger partial charge in [0.2, 0.25) is 0 Å². The van der Waals surface area contributed by atoms with Gasteiger partial charge in [-0.3, -0.25) is 9.59 Å². The Labute approximate surface area is 179 Å². The number of pyridine rings is 1. The number of carbonyl (C=O) groups is 2. The molecule has 3 rings (SSSR count). The predicted octanol–water partition coefficient (Wildman–Crippen LogP) is 3.93. The van der Waals surface area contributed by atoms with Crippen LogP contribution in [0.25, 0.3) is 0 Å². The number of aliphatic carboxylic acids is 1. The van der Waals surface area contributed by atoms with E-state index in [-0.39, 0.29) is 17.0 Å². The minimum absolute atomic E-state index is 0.0945. The van der Waals surface area contributed by atoms with Gasteiger partial charge in [-0.1, -0.05) is 46.0 Å². The summed E-state index contributed by atoms with van der Waals surface area (Å²) < 4.78 is 1.87. The molecule has 166 valence electrons. The van der Waals surface area contributed by atoms with Crippen LogP contribution in [0.3, 0.4) is 0 Å². The van der Waals surface area contributed by atoms with E-state index in [0.717, 1.165) is 56.2 Å². The number of carboxylic acids is 1. The van der Waals surface area contributed by atoms with Crippen LogP contribution in [-0.2, 0) is 24.2 Å². The number of hydrogen-bond donors (Lipinski definition) is 2. The third-order valence-electron chi connectivity index (χ3n) is 6.73. The SMILES string of the molecule is CC(C)[C@@H](NC(=O)c1cc2c(n(CC3CCCCC3)c1=O)CCCCCC2)C(=O)O. The Hall–Kier alpha value is -2.11. The first-order chi connectivity index (χ1) is 14.4. The highest BCUT2D eigenvalue weighted by Gasteiger charge is 2.27. The average Bonchev–Trinajstić information content (AvgIpc) is 2.69. The zero-order valence-electron chi connectivity index (χ0n) is 18.4. The highest BCUT2D eigenvalue weighted by Crippen LogP contribution is 2.27. The predicted molar refractivity (Wildman–Crippen MR) is 117 cm³/mol. The first-order valence-electron chi connectivity index (χ1n) is 11.7. The Morgan fingerprint density at radius 3 is 2.33 bits per heavy atom. The number of amides is 1. The van der Waals surface area contributed by atoms with Gasteiger partial charge < -0.3 is 15.0 Å². The molecule has 2 aliphatic rings. The molecule has 0 unspecified atom stereocenters. The molecule has 6 nitrogen and oxygen atoms in total. The normalized spacial score (nSPS) is 18.9. The number of nitrogens with one attached hydrogen (secondary N) is 1. The molecule has 0 aromatic carbocycles. The van der Waals surface area contributed by atoms with Crippen LogP contribution in [0.1, 0.15) is 93.3 Å². The van der Waals surface area contributed by atoms with E-state index in [1.165, 1.54) is 25.7 Å². The van der Waals surface area contributed by atoms with Gasteiger partial charge >= 0.3 is 5.97 Å². The van der Waals surface area contributed by atoms with Crippen LogP contribution < -0.4 is 10.9 Å². The second kappa shape index (κ2) is 10.3. The van der Waals surface area contributed by atoms with Crippen molar-refractivity contribution >= 4 is 11.9 Å². The Morgan fingerprint density at radius 1 is 1.07 bits per heavy atom. The Balaban J connectivity index is 1.99. The highest BCUT2D eigenvalue weighted by atomic mass is 16.4. The summed E-state index contributed by atoms with van der Waals surface area (Å²) in [5.74, 6) is -1.43. The molecule has 0 bridgehead atoms. The summed E-state index contributed by atoms with van der Waals surface area (Å²) in [6.07, 6.45) is 12.1. The molecule has 1 heterocycles. The molecule has 2 N–H and O–H groups in total. The molecule has 1 aromatic heterocycles. The van der Waals surface area contributed by atoms with E-state index in [1.54, 1.807) is 19.9 Å². The maximum Gasteiger partial charge on any atom is 0.326 e. The number of hydrogen-bond acceptors (Lipinski definition) is 3. The van der Waals surface area contributed by atoms with Gasteiger partial charge in [0.1, 0.15) is 11.6 Å². The standard InChI is InChI=1S/C24H36N2O4/c1-16(2)21(24(29)30)25-22(27)19-14-18-12-8-3-4-9-13-20(18)26(23(19)28)15-17-10-6-5-7-11-17/h14,16-17,21H,3-13,15H2,1-2H3,(H,25,27)(H,29,30)/t21-/m1/s1. The van der Waals surface area contributed by atoms with E-state index in [9.17, 15) is 19.5 Å². The minimum Gasteiger partial charge on any atom is -0.480 e. The van der Waals surface area contributed by atoms with Gasteiger partial charge in [-0.05, 0) is 62.0 Å². The average molecular weight is 417 g/mol. The van der Waals surface area contributed by atoms with Gasteiger partial charge in [0.25, 0.3) is 11.5 Å². The molecule has 1 atom stereocenters. The fourth-order valence-corrected chi connectivity index (χ4v) is 4.95. The maximum absolute atomic E-state index is 13.4. The first kappa shape index (κ1) is 22.6. The summed E-state index contributed by atoms with van der Waals surface area (Å²) in [7, 11) is 0. The number of fused-ring (bicyclic) bond motifs is 1. The number of carboxylic acid groups (broad SMARTS) is 1. The summed E-state index contributed by atoms with van der Waals surface area (Å²) in [5, 5.41) is 12.0. The van der Waals surface area contributed by atoms with E-state index < -0.39 is 17.9 Å². The summed E-state index contributed by atoms with van der Waals surface area (Å²) >= 11 is 0. The lowest BCUT2D eigenvalue weighted by atomic mass is 9.88. The second-order valence-electron chi connectivity index (χ2n) is 9.40. The maximum atomic E-state index is 13.4. The number of carbonyl (C=O) groups excluding carboxylic acids is 1. The highest BCUT2D eigenvalue weighted by molar-refractivity contribution is 5.96. The summed E-state index contributed by atoms with van der Waals surface area (Å²) in [6, 6.07) is 0.736. The monoisotopic (exact) mass is 416 g/mol. The Bertz CT molecular complexity index is 821. The molecule has 2 aliphatic carbocycles. The minimum atomic E-state index is -1.08. The number of aromatic nitrogens is 1. The molecule has 1 aromatic rings. The zero-order valence-corrected chi connectivity index (χ0v) is 18.4. The Kier molecular flexibility index (Phi) is 7.73. The summed E-state index contributed by atoms with van der Waals surface area (Å²) in [6.45, 7) is 4.18. The largest absolute Gasteiger partial charge is 0.480 e. The topological polar surface area (TPSA) is 88.4 Å². The quantitative estimate of drug-likeness (QED) is 0.735. The van der Waals surface area contributed by atoms with Crippen LogP contribution in [0, 0.1) is 11.8 Å². The molecule has 1 saturated carbocycles. The summed E-state index contributed by atoms with van der Waals surface area (Å²) in [4.78, 5) is 38.0. The van der Waals surface area contributed by atoms with Crippen LogP contribution in [0.15, 0.2) is 10.9 Å². The van der Waals surface area contributed by atoms with Crippen molar-refractivity contribution in [1.29, 1.82) is 0 Å². The number of rotatable bonds is 6. The van der Waals surface area contributed by atoms with E-state index in [4.69, 9.17) is 0 Å². The van der Waals surface area contributed by atoms with Gasteiger partial charge in [-0.2, -0.15) is 0 Å². The van der Waals surface area contributed by atoms with E-state index in [0.29, 0.717) is 12.5 Å². The lowest BCUT2D eigenvalue weighted by molar-refractivity contribution is -0.140. The fourth-order valence-electron chi connectivity index (χ4n) is 4.95. The molecular formula is C24H36N2O4. The van der Waals surface area contributed by atoms with Crippen LogP contribution in [0.4, 0.5) is 0 Å². The van der Waals surface area contributed by atoms with Crippen LogP contribution >= 0.6 is 0 Å². The van der Waals surface area contributed by atoms with Crippen molar-refractivity contribution in [2.24, 2.45) is 11.8 Å². The van der Waals surface area contributed by atoms with Gasteiger partial charge in [0.15, 0.2) is 0 Å².